The van der Waals surface area contributed by atoms with Gasteiger partial charge in [-0.05, 0) is 26.3 Å². The Bertz CT molecular complexity index is 315. The van der Waals surface area contributed by atoms with Gasteiger partial charge >= 0.3 is 0 Å². The van der Waals surface area contributed by atoms with Gasteiger partial charge in [0, 0.05) is 24.0 Å². The Morgan fingerprint density at radius 1 is 1.53 bits per heavy atom. The zero-order chi connectivity index (χ0) is 11.3. The van der Waals surface area contributed by atoms with Crippen LogP contribution in [-0.4, -0.2) is 23.4 Å². The molecule has 0 radical (unpaired) electrons. The lowest BCUT2D eigenvalue weighted by Gasteiger charge is -2.22. The number of aromatic nitrogens is 1. The summed E-state index contributed by atoms with van der Waals surface area (Å²) in [5.74, 6) is 0.995. The van der Waals surface area contributed by atoms with Gasteiger partial charge in [0.15, 0.2) is 0 Å². The molecule has 0 saturated carbocycles. The zero-order valence-electron chi connectivity index (χ0n) is 9.49. The molecule has 1 aromatic heterocycles. The highest BCUT2D eigenvalue weighted by Crippen LogP contribution is 2.26. The van der Waals surface area contributed by atoms with Crippen molar-refractivity contribution < 1.29 is 4.74 Å². The van der Waals surface area contributed by atoms with E-state index in [0.29, 0.717) is 0 Å². The number of anilines is 1. The summed E-state index contributed by atoms with van der Waals surface area (Å²) in [4.78, 5) is 5.05. The maximum Gasteiger partial charge on any atom is 0.0638 e. The molecule has 15 heavy (non-hydrogen) atoms. The number of hydrogen-bond donors (Lipinski definition) is 1. The molecule has 0 bridgehead atoms. The van der Waals surface area contributed by atoms with E-state index in [4.69, 9.17) is 10.5 Å². The average Bonchev–Trinajstić information content (AvgIpc) is 2.21. The minimum Gasteiger partial charge on any atom is -0.397 e. The summed E-state index contributed by atoms with van der Waals surface area (Å²) in [6.45, 7) is 4.17. The van der Waals surface area contributed by atoms with Gasteiger partial charge in [0.05, 0.1) is 17.5 Å². The Morgan fingerprint density at radius 2 is 2.27 bits per heavy atom. The van der Waals surface area contributed by atoms with Crippen LogP contribution in [0.4, 0.5) is 5.69 Å². The van der Waals surface area contributed by atoms with Crippen LogP contribution in [0, 0.1) is 0 Å². The van der Waals surface area contributed by atoms with Crippen LogP contribution in [-0.2, 0) is 4.74 Å². The van der Waals surface area contributed by atoms with E-state index in [1.165, 1.54) is 0 Å². The molecule has 0 spiro atoms. The fourth-order valence-corrected chi connectivity index (χ4v) is 2.22. The van der Waals surface area contributed by atoms with E-state index in [0.717, 1.165) is 22.8 Å². The van der Waals surface area contributed by atoms with Crippen LogP contribution in [0.3, 0.4) is 0 Å². The van der Waals surface area contributed by atoms with Gasteiger partial charge in [-0.25, -0.2) is 0 Å². The van der Waals surface area contributed by atoms with Crippen LogP contribution in [0.25, 0.3) is 0 Å². The fourth-order valence-electron chi connectivity index (χ4n) is 1.03. The van der Waals surface area contributed by atoms with Crippen molar-refractivity contribution >= 4 is 17.4 Å². The topological polar surface area (TPSA) is 48.1 Å². The minimum absolute atomic E-state index is 0.0607. The Kier molecular flexibility index (Phi) is 4.42. The van der Waals surface area contributed by atoms with Crippen LogP contribution in [0.2, 0.25) is 0 Å². The first-order chi connectivity index (χ1) is 7.05. The molecule has 1 rings (SSSR count). The molecule has 4 heteroatoms. The number of hydrogen-bond acceptors (Lipinski definition) is 4. The first-order valence-electron chi connectivity index (χ1n) is 4.92. The summed E-state index contributed by atoms with van der Waals surface area (Å²) in [7, 11) is 1.74. The summed E-state index contributed by atoms with van der Waals surface area (Å²) >= 11 is 1.74. The lowest BCUT2D eigenvalue weighted by Crippen LogP contribution is -2.22. The number of ether oxygens (including phenoxy) is 1. The molecule has 3 nitrogen and oxygen atoms in total. The van der Waals surface area contributed by atoms with Crippen molar-refractivity contribution in [2.24, 2.45) is 0 Å². The molecule has 1 heterocycles. The van der Waals surface area contributed by atoms with E-state index >= 15 is 0 Å². The predicted octanol–water partition coefficient (Wildman–Crippen LogP) is 2.57. The number of nitrogens with zero attached hydrogens (tertiary/aromatic N) is 1. The van der Waals surface area contributed by atoms with E-state index in [-0.39, 0.29) is 5.60 Å². The van der Waals surface area contributed by atoms with Gasteiger partial charge in [-0.1, -0.05) is 0 Å². The molecule has 0 aromatic carbocycles. The Hall–Kier alpha value is -0.740. The second-order valence-electron chi connectivity index (χ2n) is 3.98. The number of rotatable bonds is 5. The summed E-state index contributed by atoms with van der Waals surface area (Å²) in [6, 6.07) is 1.94. The third-order valence-electron chi connectivity index (χ3n) is 2.32. The summed E-state index contributed by atoms with van der Waals surface area (Å²) in [6.07, 6.45) is 4.44. The molecular weight excluding hydrogens is 208 g/mol. The fraction of sp³-hybridized carbons (Fsp3) is 0.545. The molecule has 0 aliphatic carbocycles. The van der Waals surface area contributed by atoms with Gasteiger partial charge in [-0.3, -0.25) is 4.98 Å². The van der Waals surface area contributed by atoms with Gasteiger partial charge in [0.2, 0.25) is 0 Å². The molecule has 0 atom stereocenters. The molecule has 0 aliphatic heterocycles. The van der Waals surface area contributed by atoms with Crippen LogP contribution in [0.15, 0.2) is 23.4 Å². The Morgan fingerprint density at radius 3 is 2.87 bits per heavy atom. The Labute approximate surface area is 95.4 Å². The number of thioether (sulfide) groups is 1. The van der Waals surface area contributed by atoms with Gasteiger partial charge in [-0.15, -0.1) is 11.8 Å². The van der Waals surface area contributed by atoms with Crippen molar-refractivity contribution in [3.63, 3.8) is 0 Å². The van der Waals surface area contributed by atoms with Crippen LogP contribution in [0.5, 0.6) is 0 Å². The largest absolute Gasteiger partial charge is 0.397 e. The molecule has 0 amide bonds. The zero-order valence-corrected chi connectivity index (χ0v) is 10.3. The Balaban J connectivity index is 2.42. The predicted molar refractivity (Wildman–Crippen MR) is 65.1 cm³/mol. The van der Waals surface area contributed by atoms with Gasteiger partial charge in [-0.2, -0.15) is 0 Å². The van der Waals surface area contributed by atoms with Crippen LogP contribution < -0.4 is 5.73 Å². The first-order valence-corrected chi connectivity index (χ1v) is 5.91. The van der Waals surface area contributed by atoms with Gasteiger partial charge in [0.25, 0.3) is 0 Å². The maximum absolute atomic E-state index is 5.79. The summed E-state index contributed by atoms with van der Waals surface area (Å²) in [5.41, 5.74) is 6.48. The van der Waals surface area contributed by atoms with Gasteiger partial charge in [0.1, 0.15) is 0 Å². The SMILES string of the molecule is COC(C)(C)CCSc1ccncc1N. The van der Waals surface area contributed by atoms with Gasteiger partial charge < -0.3 is 10.5 Å². The number of methoxy groups -OCH3 is 1. The third-order valence-corrected chi connectivity index (χ3v) is 3.42. The van der Waals surface area contributed by atoms with E-state index in [2.05, 4.69) is 18.8 Å². The summed E-state index contributed by atoms with van der Waals surface area (Å²) < 4.78 is 5.35. The van der Waals surface area contributed by atoms with E-state index < -0.39 is 0 Å². The second kappa shape index (κ2) is 5.37. The van der Waals surface area contributed by atoms with Crippen molar-refractivity contribution in [3.8, 4) is 0 Å². The lowest BCUT2D eigenvalue weighted by molar-refractivity contribution is 0.0207. The van der Waals surface area contributed by atoms with Crippen molar-refractivity contribution in [1.29, 1.82) is 0 Å². The van der Waals surface area contributed by atoms with Crippen molar-refractivity contribution in [2.45, 2.75) is 30.8 Å². The molecule has 0 aliphatic rings. The van der Waals surface area contributed by atoms with Crippen LogP contribution in [0.1, 0.15) is 20.3 Å². The molecule has 0 fully saturated rings. The average molecular weight is 226 g/mol. The van der Waals surface area contributed by atoms with E-state index in [1.54, 1.807) is 31.3 Å². The smallest absolute Gasteiger partial charge is 0.0638 e. The monoisotopic (exact) mass is 226 g/mol. The molecule has 84 valence electrons. The molecular formula is C11H18N2OS. The highest BCUT2D eigenvalue weighted by atomic mass is 32.2. The first kappa shape index (κ1) is 12.3. The second-order valence-corrected chi connectivity index (χ2v) is 5.11. The third kappa shape index (κ3) is 4.10. The number of nitrogen functional groups attached to an aromatic ring is 1. The highest BCUT2D eigenvalue weighted by Gasteiger charge is 2.15. The lowest BCUT2D eigenvalue weighted by atomic mass is 10.1. The van der Waals surface area contributed by atoms with E-state index in [9.17, 15) is 0 Å². The quantitative estimate of drug-likeness (QED) is 0.784. The minimum atomic E-state index is -0.0607. The number of nitrogens with two attached hydrogens (primary N) is 1. The normalized spacial score (nSPS) is 11.7. The van der Waals surface area contributed by atoms with Crippen LogP contribution >= 0.6 is 11.8 Å². The molecule has 0 saturated heterocycles. The highest BCUT2D eigenvalue weighted by molar-refractivity contribution is 7.99. The van der Waals surface area contributed by atoms with E-state index in [1.807, 2.05) is 6.07 Å². The van der Waals surface area contributed by atoms with Crippen molar-refractivity contribution in [3.05, 3.63) is 18.5 Å². The maximum atomic E-state index is 5.79. The summed E-state index contributed by atoms with van der Waals surface area (Å²) in [5, 5.41) is 0. The molecule has 2 N–H and O–H groups in total. The standard InChI is InChI=1S/C11H18N2OS/c1-11(2,14-3)5-7-15-10-4-6-13-8-9(10)12/h4,6,8H,5,7,12H2,1-3H3. The van der Waals surface area contributed by atoms with Crippen molar-refractivity contribution in [1.82, 2.24) is 4.98 Å². The molecule has 1 aromatic rings. The molecule has 0 unspecified atom stereocenters. The van der Waals surface area contributed by atoms with Crippen molar-refractivity contribution in [2.75, 3.05) is 18.6 Å². The number of pyridine rings is 1.